The highest BCUT2D eigenvalue weighted by Crippen LogP contribution is 2.06. The minimum absolute atomic E-state index is 0.248. The van der Waals surface area contributed by atoms with E-state index in [1.165, 1.54) is 5.56 Å². The molecule has 0 N–H and O–H groups in total. The van der Waals surface area contributed by atoms with E-state index >= 15 is 0 Å². The lowest BCUT2D eigenvalue weighted by molar-refractivity contribution is 0.0982. The van der Waals surface area contributed by atoms with E-state index in [1.54, 1.807) is 0 Å². The summed E-state index contributed by atoms with van der Waals surface area (Å²) in [5, 5.41) is 0. The fourth-order valence-corrected chi connectivity index (χ4v) is 1.11. The zero-order valence-electron chi connectivity index (χ0n) is 9.63. The Balaban J connectivity index is 0.000000791. The summed E-state index contributed by atoms with van der Waals surface area (Å²) in [5.74, 6) is 0.248. The summed E-state index contributed by atoms with van der Waals surface area (Å²) in [6, 6.07) is 7.74. The largest absolute Gasteiger partial charge is 0.294 e. The molecule has 1 aromatic carbocycles. The summed E-state index contributed by atoms with van der Waals surface area (Å²) in [4.78, 5) is 11.4. The molecule has 14 heavy (non-hydrogen) atoms. The first-order valence-electron chi connectivity index (χ1n) is 5.34. The minimum atomic E-state index is 0.248. The second-order valence-electron chi connectivity index (χ2n) is 3.04. The predicted octanol–water partition coefficient (Wildman–Crippen LogP) is 4.00. The Labute approximate surface area is 87.2 Å². The van der Waals surface area contributed by atoms with Gasteiger partial charge in [-0.05, 0) is 13.3 Å². The van der Waals surface area contributed by atoms with Crippen LogP contribution in [-0.4, -0.2) is 5.78 Å². The topological polar surface area (TPSA) is 17.1 Å². The van der Waals surface area contributed by atoms with Gasteiger partial charge in [0.25, 0.3) is 0 Å². The summed E-state index contributed by atoms with van der Waals surface area (Å²) in [6.07, 6.45) is 1.58. The normalized spacial score (nSPS) is 8.86. The molecule has 0 saturated carbocycles. The molecule has 0 aliphatic heterocycles. The fraction of sp³-hybridized carbons (Fsp3) is 0.462. The maximum atomic E-state index is 11.4. The minimum Gasteiger partial charge on any atom is -0.294 e. The highest BCUT2D eigenvalue weighted by molar-refractivity contribution is 5.95. The van der Waals surface area contributed by atoms with E-state index in [9.17, 15) is 4.79 Å². The lowest BCUT2D eigenvalue weighted by atomic mass is 10.1. The number of hydrogen-bond donors (Lipinski definition) is 0. The second-order valence-corrected chi connectivity index (χ2v) is 3.04. The third-order valence-corrected chi connectivity index (χ3v) is 1.85. The first-order chi connectivity index (χ1) is 6.74. The average molecular weight is 192 g/mol. The van der Waals surface area contributed by atoms with Crippen LogP contribution < -0.4 is 0 Å². The smallest absolute Gasteiger partial charge is 0.162 e. The predicted molar refractivity (Wildman–Crippen MR) is 61.8 cm³/mol. The van der Waals surface area contributed by atoms with E-state index < -0.39 is 0 Å². The van der Waals surface area contributed by atoms with Crippen molar-refractivity contribution in [3.8, 4) is 0 Å². The van der Waals surface area contributed by atoms with Crippen molar-refractivity contribution in [3.63, 3.8) is 0 Å². The van der Waals surface area contributed by atoms with E-state index in [0.29, 0.717) is 6.42 Å². The van der Waals surface area contributed by atoms with Gasteiger partial charge in [-0.1, -0.05) is 50.6 Å². The molecule has 1 aromatic rings. The van der Waals surface area contributed by atoms with Gasteiger partial charge in [-0.3, -0.25) is 4.79 Å². The zero-order chi connectivity index (χ0) is 11.0. The van der Waals surface area contributed by atoms with Crippen LogP contribution >= 0.6 is 0 Å². The Morgan fingerprint density at radius 3 is 2.07 bits per heavy atom. The van der Waals surface area contributed by atoms with Crippen LogP contribution in [0.4, 0.5) is 0 Å². The van der Waals surface area contributed by atoms with Crippen molar-refractivity contribution in [1.29, 1.82) is 0 Å². The molecular formula is C13H20O. The van der Waals surface area contributed by atoms with E-state index in [0.717, 1.165) is 12.0 Å². The lowest BCUT2D eigenvalue weighted by Crippen LogP contribution is -1.97. The Hall–Kier alpha value is -1.11. The van der Waals surface area contributed by atoms with Gasteiger partial charge < -0.3 is 0 Å². The number of Topliss-reactive ketones (excluding diaryl/α,β-unsaturated/α-hetero) is 1. The average Bonchev–Trinajstić information content (AvgIpc) is 2.22. The van der Waals surface area contributed by atoms with E-state index in [-0.39, 0.29) is 5.78 Å². The maximum Gasteiger partial charge on any atom is 0.162 e. The second kappa shape index (κ2) is 7.31. The third kappa shape index (κ3) is 4.22. The highest BCUT2D eigenvalue weighted by Gasteiger charge is 2.02. The van der Waals surface area contributed by atoms with Crippen LogP contribution in [0, 0.1) is 6.92 Å². The van der Waals surface area contributed by atoms with E-state index in [1.807, 2.05) is 52.0 Å². The molecule has 78 valence electrons. The number of hydrogen-bond acceptors (Lipinski definition) is 1. The number of ketones is 1. The van der Waals surface area contributed by atoms with Gasteiger partial charge in [-0.15, -0.1) is 0 Å². The maximum absolute atomic E-state index is 11.4. The highest BCUT2D eigenvalue weighted by atomic mass is 16.1. The van der Waals surface area contributed by atoms with Crippen molar-refractivity contribution in [2.24, 2.45) is 0 Å². The molecule has 0 amide bonds. The van der Waals surface area contributed by atoms with Crippen LogP contribution in [0.2, 0.25) is 0 Å². The van der Waals surface area contributed by atoms with Gasteiger partial charge in [0.15, 0.2) is 5.78 Å². The molecule has 0 atom stereocenters. The number of benzene rings is 1. The SMILES string of the molecule is CC.CCCC(=O)c1ccc(C)cc1. The summed E-state index contributed by atoms with van der Waals surface area (Å²) >= 11 is 0. The number of carbonyl (C=O) groups is 1. The molecule has 0 bridgehead atoms. The summed E-state index contributed by atoms with van der Waals surface area (Å²) in [6.45, 7) is 8.04. The Kier molecular flexibility index (Phi) is 6.73. The van der Waals surface area contributed by atoms with Crippen molar-refractivity contribution in [2.75, 3.05) is 0 Å². The van der Waals surface area contributed by atoms with Gasteiger partial charge in [0.05, 0.1) is 0 Å². The Morgan fingerprint density at radius 2 is 1.64 bits per heavy atom. The van der Waals surface area contributed by atoms with Crippen LogP contribution in [0.1, 0.15) is 49.5 Å². The zero-order valence-corrected chi connectivity index (χ0v) is 9.63. The molecule has 0 saturated heterocycles. The van der Waals surface area contributed by atoms with Crippen LogP contribution in [-0.2, 0) is 0 Å². The molecule has 0 unspecified atom stereocenters. The number of carbonyl (C=O) groups excluding carboxylic acids is 1. The molecule has 1 heteroatoms. The third-order valence-electron chi connectivity index (χ3n) is 1.85. The summed E-state index contributed by atoms with van der Waals surface area (Å²) in [5.41, 5.74) is 2.03. The molecular weight excluding hydrogens is 172 g/mol. The molecule has 1 nitrogen and oxygen atoms in total. The van der Waals surface area contributed by atoms with Crippen molar-refractivity contribution in [1.82, 2.24) is 0 Å². The van der Waals surface area contributed by atoms with Crippen molar-refractivity contribution in [3.05, 3.63) is 35.4 Å². The molecule has 0 fully saturated rings. The molecule has 0 radical (unpaired) electrons. The molecule has 0 aromatic heterocycles. The molecule has 0 heterocycles. The lowest BCUT2D eigenvalue weighted by Gasteiger charge is -1.98. The van der Waals surface area contributed by atoms with Gasteiger partial charge in [0.1, 0.15) is 0 Å². The monoisotopic (exact) mass is 192 g/mol. The first kappa shape index (κ1) is 12.9. The fourth-order valence-electron chi connectivity index (χ4n) is 1.11. The van der Waals surface area contributed by atoms with Gasteiger partial charge >= 0.3 is 0 Å². The molecule has 1 rings (SSSR count). The van der Waals surface area contributed by atoms with Gasteiger partial charge in [-0.25, -0.2) is 0 Å². The van der Waals surface area contributed by atoms with Crippen LogP contribution in [0.5, 0.6) is 0 Å². The van der Waals surface area contributed by atoms with Crippen molar-refractivity contribution < 1.29 is 4.79 Å². The van der Waals surface area contributed by atoms with E-state index in [4.69, 9.17) is 0 Å². The summed E-state index contributed by atoms with van der Waals surface area (Å²) in [7, 11) is 0. The Morgan fingerprint density at radius 1 is 1.14 bits per heavy atom. The molecule has 0 aliphatic rings. The number of rotatable bonds is 3. The van der Waals surface area contributed by atoms with Gasteiger partial charge in [0.2, 0.25) is 0 Å². The molecule has 0 spiro atoms. The number of aryl methyl sites for hydroxylation is 1. The van der Waals surface area contributed by atoms with Gasteiger partial charge in [0, 0.05) is 12.0 Å². The van der Waals surface area contributed by atoms with Crippen LogP contribution in [0.3, 0.4) is 0 Å². The molecule has 0 aliphatic carbocycles. The summed E-state index contributed by atoms with van der Waals surface area (Å²) < 4.78 is 0. The van der Waals surface area contributed by atoms with Crippen LogP contribution in [0.25, 0.3) is 0 Å². The van der Waals surface area contributed by atoms with Crippen molar-refractivity contribution in [2.45, 2.75) is 40.5 Å². The first-order valence-corrected chi connectivity index (χ1v) is 5.34. The van der Waals surface area contributed by atoms with Crippen LogP contribution in [0.15, 0.2) is 24.3 Å². The standard InChI is InChI=1S/C11H14O.C2H6/c1-3-4-11(12)10-7-5-9(2)6-8-10;1-2/h5-8H,3-4H2,1-2H3;1-2H3. The quantitative estimate of drug-likeness (QED) is 0.661. The van der Waals surface area contributed by atoms with Gasteiger partial charge in [-0.2, -0.15) is 0 Å². The van der Waals surface area contributed by atoms with E-state index in [2.05, 4.69) is 0 Å². The Bertz CT molecular complexity index is 259. The van der Waals surface area contributed by atoms with Crippen molar-refractivity contribution >= 4 is 5.78 Å².